The zero-order valence-corrected chi connectivity index (χ0v) is 33.6. The Hall–Kier alpha value is -5.71. The highest BCUT2D eigenvalue weighted by atomic mass is 16.7. The van der Waals surface area contributed by atoms with Crippen molar-refractivity contribution in [1.29, 1.82) is 0 Å². The lowest BCUT2D eigenvalue weighted by atomic mass is 10.0. The van der Waals surface area contributed by atoms with E-state index in [0.717, 1.165) is 5.56 Å². The molecule has 312 valence electrons. The topological polar surface area (TPSA) is 251 Å². The van der Waals surface area contributed by atoms with Crippen molar-refractivity contribution in [2.75, 3.05) is 19.6 Å². The van der Waals surface area contributed by atoms with E-state index in [0.29, 0.717) is 31.4 Å². The van der Waals surface area contributed by atoms with Crippen LogP contribution in [0.25, 0.3) is 0 Å². The molecule has 17 heteroatoms. The van der Waals surface area contributed by atoms with Gasteiger partial charge in [0.25, 0.3) is 0 Å². The van der Waals surface area contributed by atoms with Gasteiger partial charge in [-0.25, -0.2) is 9.59 Å². The lowest BCUT2D eigenvalue weighted by molar-refractivity contribution is -0.140. The Morgan fingerprint density at radius 1 is 0.772 bits per heavy atom. The first-order valence-electron chi connectivity index (χ1n) is 18.9. The van der Waals surface area contributed by atoms with Crippen LogP contribution in [0.4, 0.5) is 9.59 Å². The molecule has 8 N–H and O–H groups in total. The van der Waals surface area contributed by atoms with E-state index < -0.39 is 83.7 Å². The summed E-state index contributed by atoms with van der Waals surface area (Å²) in [6, 6.07) is 11.0. The van der Waals surface area contributed by atoms with Gasteiger partial charge in [-0.1, -0.05) is 42.5 Å². The fourth-order valence-corrected chi connectivity index (χ4v) is 5.93. The number of likely N-dealkylation sites (tertiary alicyclic amines) is 1. The number of benzene rings is 2. The molecule has 4 atom stereocenters. The number of nitrogens with zero attached hydrogens (tertiary/aromatic N) is 1. The predicted octanol–water partition coefficient (Wildman–Crippen LogP) is 1.98. The SMILES string of the molecule is CC(C)(C)OC(=O)N[C@@H](Cc1ccc(OC(=O)OC(C)(C)C)cc1)C(=O)N[C@H](CCCN)C(=O)NCC(=O)N[C@@H](Cc1ccccc1)C(=O)N1CCC[C@H]1C(N)=O. The summed E-state index contributed by atoms with van der Waals surface area (Å²) < 4.78 is 15.8. The Kier molecular flexibility index (Phi) is 16.8. The van der Waals surface area contributed by atoms with Crippen LogP contribution < -0.4 is 37.5 Å². The van der Waals surface area contributed by atoms with E-state index in [4.69, 9.17) is 25.7 Å². The van der Waals surface area contributed by atoms with Crippen molar-refractivity contribution < 1.29 is 47.8 Å². The van der Waals surface area contributed by atoms with Crippen LogP contribution in [0.5, 0.6) is 5.75 Å². The number of nitrogens with one attached hydrogen (secondary N) is 4. The average molecular weight is 796 g/mol. The summed E-state index contributed by atoms with van der Waals surface area (Å²) >= 11 is 0. The Labute approximate surface area is 333 Å². The molecule has 1 heterocycles. The molecule has 1 fully saturated rings. The summed E-state index contributed by atoms with van der Waals surface area (Å²) in [7, 11) is 0. The van der Waals surface area contributed by atoms with Crippen molar-refractivity contribution in [2.24, 2.45) is 11.5 Å². The minimum atomic E-state index is -1.23. The monoisotopic (exact) mass is 795 g/mol. The standard InChI is InChI=1S/C40H57N7O10/c1-39(2,3)56-37(53)46-29(22-26-16-18-27(19-17-26)55-38(54)57-40(4,5)6)35(51)45-28(14-10-20-41)34(50)43-24-32(48)44-30(23-25-12-8-7-9-13-25)36(52)47-21-11-15-31(47)33(42)49/h7-9,12-13,16-19,28-31H,10-11,14-15,20-24,41H2,1-6H3,(H2,42,49)(H,43,50)(H,44,48)(H,45,51)(H,46,53)/t28-,29+,30+,31+/m1/s1. The third kappa shape index (κ3) is 16.1. The first-order chi connectivity index (χ1) is 26.7. The van der Waals surface area contributed by atoms with Crippen molar-refractivity contribution in [3.05, 3.63) is 65.7 Å². The number of amides is 6. The van der Waals surface area contributed by atoms with Gasteiger partial charge in [0, 0.05) is 19.4 Å². The Morgan fingerprint density at radius 3 is 1.98 bits per heavy atom. The highest BCUT2D eigenvalue weighted by molar-refractivity contribution is 5.95. The van der Waals surface area contributed by atoms with Gasteiger partial charge in [0.2, 0.25) is 29.5 Å². The van der Waals surface area contributed by atoms with Crippen LogP contribution in [0.15, 0.2) is 54.6 Å². The van der Waals surface area contributed by atoms with Crippen molar-refractivity contribution in [2.45, 2.75) is 115 Å². The van der Waals surface area contributed by atoms with Gasteiger partial charge < -0.3 is 51.8 Å². The lowest BCUT2D eigenvalue weighted by Gasteiger charge is -2.28. The second-order valence-corrected chi connectivity index (χ2v) is 15.7. The zero-order valence-electron chi connectivity index (χ0n) is 33.6. The van der Waals surface area contributed by atoms with Crippen LogP contribution in [-0.4, -0.2) is 102 Å². The van der Waals surface area contributed by atoms with E-state index in [-0.39, 0.29) is 31.6 Å². The van der Waals surface area contributed by atoms with Crippen molar-refractivity contribution >= 4 is 41.8 Å². The molecule has 57 heavy (non-hydrogen) atoms. The number of primary amides is 1. The van der Waals surface area contributed by atoms with Gasteiger partial charge in [0.15, 0.2) is 0 Å². The third-order valence-corrected chi connectivity index (χ3v) is 8.49. The fraction of sp³-hybridized carbons (Fsp3) is 0.525. The number of alkyl carbamates (subject to hydrolysis) is 1. The molecule has 0 unspecified atom stereocenters. The molecule has 1 aliphatic heterocycles. The quantitative estimate of drug-likeness (QED) is 0.0998. The molecule has 0 saturated carbocycles. The van der Waals surface area contributed by atoms with Gasteiger partial charge >= 0.3 is 12.2 Å². The highest BCUT2D eigenvalue weighted by Gasteiger charge is 2.37. The van der Waals surface area contributed by atoms with E-state index in [2.05, 4.69) is 21.3 Å². The van der Waals surface area contributed by atoms with Gasteiger partial charge in [-0.3, -0.25) is 24.0 Å². The maximum Gasteiger partial charge on any atom is 0.514 e. The predicted molar refractivity (Wildman–Crippen MR) is 209 cm³/mol. The molecule has 0 aliphatic carbocycles. The second kappa shape index (κ2) is 21.0. The lowest BCUT2D eigenvalue weighted by Crippen LogP contribution is -2.57. The highest BCUT2D eigenvalue weighted by Crippen LogP contribution is 2.20. The van der Waals surface area contributed by atoms with Crippen LogP contribution in [-0.2, 0) is 46.3 Å². The molecular weight excluding hydrogens is 738 g/mol. The van der Waals surface area contributed by atoms with Crippen LogP contribution in [0, 0.1) is 0 Å². The van der Waals surface area contributed by atoms with Crippen LogP contribution >= 0.6 is 0 Å². The number of carbonyl (C=O) groups excluding carboxylic acids is 7. The summed E-state index contributed by atoms with van der Waals surface area (Å²) in [5.74, 6) is -3.01. The minimum Gasteiger partial charge on any atom is -0.444 e. The molecule has 1 aliphatic rings. The summed E-state index contributed by atoms with van der Waals surface area (Å²) in [6.07, 6.45) is -0.241. The summed E-state index contributed by atoms with van der Waals surface area (Å²) in [5.41, 5.74) is 11.0. The number of hydrogen-bond donors (Lipinski definition) is 6. The maximum atomic E-state index is 13.8. The summed E-state index contributed by atoms with van der Waals surface area (Å²) in [5, 5.41) is 10.5. The molecule has 1 saturated heterocycles. The first-order valence-corrected chi connectivity index (χ1v) is 18.9. The molecule has 2 aromatic rings. The number of hydrogen-bond acceptors (Lipinski definition) is 11. The van der Waals surface area contributed by atoms with Crippen molar-refractivity contribution in [3.63, 3.8) is 0 Å². The van der Waals surface area contributed by atoms with E-state index in [1.54, 1.807) is 77.9 Å². The number of ether oxygens (including phenoxy) is 3. The van der Waals surface area contributed by atoms with E-state index in [1.807, 2.05) is 6.07 Å². The number of rotatable bonds is 17. The second-order valence-electron chi connectivity index (χ2n) is 15.7. The molecule has 0 bridgehead atoms. The van der Waals surface area contributed by atoms with Gasteiger partial charge in [-0.15, -0.1) is 0 Å². The van der Waals surface area contributed by atoms with Gasteiger partial charge in [0.05, 0.1) is 6.54 Å². The van der Waals surface area contributed by atoms with Gasteiger partial charge in [-0.05, 0) is 97.0 Å². The molecule has 17 nitrogen and oxygen atoms in total. The molecule has 0 radical (unpaired) electrons. The average Bonchev–Trinajstić information content (AvgIpc) is 3.62. The summed E-state index contributed by atoms with van der Waals surface area (Å²) in [4.78, 5) is 92.5. The number of carbonyl (C=O) groups is 7. The Balaban J connectivity index is 1.73. The van der Waals surface area contributed by atoms with Crippen LogP contribution in [0.3, 0.4) is 0 Å². The summed E-state index contributed by atoms with van der Waals surface area (Å²) in [6.45, 7) is 10.1. The zero-order chi connectivity index (χ0) is 42.3. The van der Waals surface area contributed by atoms with Crippen molar-refractivity contribution in [3.8, 4) is 5.75 Å². The molecular formula is C40H57N7O10. The Morgan fingerprint density at radius 2 is 1.39 bits per heavy atom. The van der Waals surface area contributed by atoms with E-state index in [1.165, 1.54) is 17.0 Å². The number of nitrogens with two attached hydrogens (primary N) is 2. The molecule has 6 amide bonds. The Bertz CT molecular complexity index is 1710. The largest absolute Gasteiger partial charge is 0.514 e. The molecule has 0 spiro atoms. The minimum absolute atomic E-state index is 0.0457. The fourth-order valence-electron chi connectivity index (χ4n) is 5.93. The van der Waals surface area contributed by atoms with Gasteiger partial charge in [0.1, 0.15) is 41.1 Å². The van der Waals surface area contributed by atoms with Gasteiger partial charge in [-0.2, -0.15) is 0 Å². The molecule has 0 aromatic heterocycles. The maximum absolute atomic E-state index is 13.8. The molecule has 3 rings (SSSR count). The van der Waals surface area contributed by atoms with Crippen molar-refractivity contribution in [1.82, 2.24) is 26.2 Å². The normalized spacial score (nSPS) is 15.6. The first kappa shape index (κ1) is 45.7. The van der Waals surface area contributed by atoms with E-state index in [9.17, 15) is 33.6 Å². The van der Waals surface area contributed by atoms with Crippen LogP contribution in [0.1, 0.15) is 78.4 Å². The molecule has 2 aromatic carbocycles. The van der Waals surface area contributed by atoms with Crippen LogP contribution in [0.2, 0.25) is 0 Å². The smallest absolute Gasteiger partial charge is 0.444 e. The van der Waals surface area contributed by atoms with E-state index >= 15 is 0 Å². The third-order valence-electron chi connectivity index (χ3n) is 8.49.